The van der Waals surface area contributed by atoms with E-state index in [0.717, 1.165) is 12.0 Å². The van der Waals surface area contributed by atoms with Crippen LogP contribution in [0.5, 0.6) is 0 Å². The normalized spacial score (nSPS) is 10.5. The summed E-state index contributed by atoms with van der Waals surface area (Å²) in [7, 11) is 0. The van der Waals surface area contributed by atoms with Crippen LogP contribution in [0.2, 0.25) is 0 Å². The Morgan fingerprint density at radius 3 is 2.34 bits per heavy atom. The first-order valence-corrected chi connectivity index (χ1v) is 10.4. The standard InChI is InChI=1S/C25H22FN3O2S/c26-20-13-10-19(11-14-20)12-15-23(30)29-25(32)28-22-9-5-4-8-21(22)24(31)27-17-16-18-6-2-1-3-7-18/h1-15H,16-17H2,(H,27,31)(H2,28,29,30,32)/b15-12+. The Kier molecular flexibility index (Phi) is 8.22. The second kappa shape index (κ2) is 11.5. The van der Waals surface area contributed by atoms with E-state index in [9.17, 15) is 14.0 Å². The van der Waals surface area contributed by atoms with Gasteiger partial charge in [-0.05, 0) is 60.1 Å². The molecule has 0 aliphatic rings. The molecule has 0 fully saturated rings. The van der Waals surface area contributed by atoms with Crippen molar-refractivity contribution in [2.24, 2.45) is 0 Å². The number of amides is 2. The van der Waals surface area contributed by atoms with Gasteiger partial charge in [0.25, 0.3) is 5.91 Å². The maximum atomic E-state index is 12.9. The van der Waals surface area contributed by atoms with Gasteiger partial charge < -0.3 is 10.6 Å². The molecule has 0 aliphatic heterocycles. The summed E-state index contributed by atoms with van der Waals surface area (Å²) in [6.07, 6.45) is 3.56. The van der Waals surface area contributed by atoms with Gasteiger partial charge in [-0.25, -0.2) is 4.39 Å². The molecular weight excluding hydrogens is 425 g/mol. The minimum atomic E-state index is -0.448. The molecule has 0 saturated carbocycles. The van der Waals surface area contributed by atoms with Crippen molar-refractivity contribution in [3.63, 3.8) is 0 Å². The molecule has 0 aliphatic carbocycles. The van der Waals surface area contributed by atoms with Crippen LogP contribution in [0.4, 0.5) is 10.1 Å². The first-order valence-electron chi connectivity index (χ1n) is 9.98. The van der Waals surface area contributed by atoms with Crippen LogP contribution in [0, 0.1) is 5.82 Å². The summed E-state index contributed by atoms with van der Waals surface area (Å²) < 4.78 is 12.9. The Hall–Kier alpha value is -3.84. The van der Waals surface area contributed by atoms with Crippen LogP contribution in [0.25, 0.3) is 6.08 Å². The van der Waals surface area contributed by atoms with Crippen molar-refractivity contribution in [3.05, 3.63) is 107 Å². The van der Waals surface area contributed by atoms with E-state index in [1.807, 2.05) is 30.3 Å². The number of hydrogen-bond acceptors (Lipinski definition) is 3. The van der Waals surface area contributed by atoms with Gasteiger partial charge in [0, 0.05) is 12.6 Å². The van der Waals surface area contributed by atoms with Gasteiger partial charge >= 0.3 is 0 Å². The van der Waals surface area contributed by atoms with Gasteiger partial charge in [0.1, 0.15) is 5.82 Å². The molecule has 5 nitrogen and oxygen atoms in total. The van der Waals surface area contributed by atoms with E-state index in [1.165, 1.54) is 18.2 Å². The average Bonchev–Trinajstić information content (AvgIpc) is 2.79. The van der Waals surface area contributed by atoms with E-state index in [1.54, 1.807) is 42.5 Å². The van der Waals surface area contributed by atoms with Gasteiger partial charge in [0.05, 0.1) is 11.3 Å². The van der Waals surface area contributed by atoms with Crippen LogP contribution in [-0.2, 0) is 11.2 Å². The lowest BCUT2D eigenvalue weighted by Gasteiger charge is -2.13. The van der Waals surface area contributed by atoms with Gasteiger partial charge in [0.15, 0.2) is 5.11 Å². The SMILES string of the molecule is O=C(/C=C/c1ccc(F)cc1)NC(=S)Nc1ccccc1C(=O)NCCc1ccccc1. The van der Waals surface area contributed by atoms with E-state index >= 15 is 0 Å². The zero-order valence-electron chi connectivity index (χ0n) is 17.2. The van der Waals surface area contributed by atoms with Crippen molar-refractivity contribution in [1.82, 2.24) is 10.6 Å². The Bertz CT molecular complexity index is 1120. The zero-order chi connectivity index (χ0) is 22.8. The summed E-state index contributed by atoms with van der Waals surface area (Å²) in [4.78, 5) is 24.7. The van der Waals surface area contributed by atoms with Crippen molar-refractivity contribution in [3.8, 4) is 0 Å². The summed E-state index contributed by atoms with van der Waals surface area (Å²) >= 11 is 5.20. The van der Waals surface area contributed by atoms with Crippen molar-refractivity contribution in [2.45, 2.75) is 6.42 Å². The Morgan fingerprint density at radius 2 is 1.59 bits per heavy atom. The highest BCUT2D eigenvalue weighted by molar-refractivity contribution is 7.80. The number of halogens is 1. The first kappa shape index (κ1) is 22.8. The minimum Gasteiger partial charge on any atom is -0.352 e. The van der Waals surface area contributed by atoms with Crippen LogP contribution >= 0.6 is 12.2 Å². The number of benzene rings is 3. The number of para-hydroxylation sites is 1. The molecule has 7 heteroatoms. The summed E-state index contributed by atoms with van der Waals surface area (Å²) in [6, 6.07) is 22.5. The molecule has 2 amide bonds. The second-order valence-corrected chi connectivity index (χ2v) is 7.27. The van der Waals surface area contributed by atoms with Gasteiger partial charge in [0.2, 0.25) is 5.91 Å². The average molecular weight is 448 g/mol. The molecule has 0 spiro atoms. The van der Waals surface area contributed by atoms with Crippen molar-refractivity contribution in [1.29, 1.82) is 0 Å². The van der Waals surface area contributed by atoms with Crippen molar-refractivity contribution in [2.75, 3.05) is 11.9 Å². The third-order valence-electron chi connectivity index (χ3n) is 4.50. The van der Waals surface area contributed by atoms with Crippen LogP contribution in [0.1, 0.15) is 21.5 Å². The number of carbonyl (C=O) groups excluding carboxylic acids is 2. The Labute approximate surface area is 191 Å². The number of nitrogens with one attached hydrogen (secondary N) is 3. The van der Waals surface area contributed by atoms with Crippen LogP contribution in [0.15, 0.2) is 84.9 Å². The molecule has 3 N–H and O–H groups in total. The maximum Gasteiger partial charge on any atom is 0.253 e. The smallest absolute Gasteiger partial charge is 0.253 e. The molecule has 3 aromatic rings. The molecule has 0 atom stereocenters. The molecule has 0 saturated heterocycles. The van der Waals surface area contributed by atoms with E-state index in [2.05, 4.69) is 16.0 Å². The molecular formula is C25H22FN3O2S. The highest BCUT2D eigenvalue weighted by Crippen LogP contribution is 2.15. The lowest BCUT2D eigenvalue weighted by atomic mass is 10.1. The third-order valence-corrected chi connectivity index (χ3v) is 4.70. The molecule has 0 aromatic heterocycles. The summed E-state index contributed by atoms with van der Waals surface area (Å²) in [5.41, 5.74) is 2.71. The quantitative estimate of drug-likeness (QED) is 0.373. The summed E-state index contributed by atoms with van der Waals surface area (Å²) in [5, 5.41) is 8.38. The molecule has 0 unspecified atom stereocenters. The lowest BCUT2D eigenvalue weighted by Crippen LogP contribution is -2.34. The van der Waals surface area contributed by atoms with Crippen molar-refractivity contribution < 1.29 is 14.0 Å². The Balaban J connectivity index is 1.54. The number of thiocarbonyl (C=S) groups is 1. The number of hydrogen-bond donors (Lipinski definition) is 3. The van der Waals surface area contributed by atoms with Gasteiger partial charge in [-0.2, -0.15) is 0 Å². The van der Waals surface area contributed by atoms with Crippen molar-refractivity contribution >= 4 is 40.9 Å². The van der Waals surface area contributed by atoms with Crippen LogP contribution < -0.4 is 16.0 Å². The number of rotatable bonds is 7. The van der Waals surface area contributed by atoms with Gasteiger partial charge in [-0.3, -0.25) is 14.9 Å². The predicted molar refractivity (Wildman–Crippen MR) is 129 cm³/mol. The van der Waals surface area contributed by atoms with E-state index in [-0.39, 0.29) is 16.8 Å². The second-order valence-electron chi connectivity index (χ2n) is 6.87. The van der Waals surface area contributed by atoms with Gasteiger partial charge in [-0.1, -0.05) is 54.6 Å². The Morgan fingerprint density at radius 1 is 0.906 bits per heavy atom. The maximum absolute atomic E-state index is 12.9. The highest BCUT2D eigenvalue weighted by Gasteiger charge is 2.12. The lowest BCUT2D eigenvalue weighted by molar-refractivity contribution is -0.115. The van der Waals surface area contributed by atoms with E-state index < -0.39 is 5.91 Å². The highest BCUT2D eigenvalue weighted by atomic mass is 32.1. The number of carbonyl (C=O) groups is 2. The molecule has 0 heterocycles. The van der Waals surface area contributed by atoms with E-state index in [4.69, 9.17) is 12.2 Å². The fraction of sp³-hybridized carbons (Fsp3) is 0.0800. The number of anilines is 1. The molecule has 32 heavy (non-hydrogen) atoms. The molecule has 3 aromatic carbocycles. The molecule has 3 rings (SSSR count). The van der Waals surface area contributed by atoms with Crippen LogP contribution in [0.3, 0.4) is 0 Å². The van der Waals surface area contributed by atoms with E-state index in [0.29, 0.717) is 23.4 Å². The third kappa shape index (κ3) is 7.14. The monoisotopic (exact) mass is 447 g/mol. The first-order chi connectivity index (χ1) is 15.5. The molecule has 0 radical (unpaired) electrons. The molecule has 0 bridgehead atoms. The predicted octanol–water partition coefficient (Wildman–Crippen LogP) is 4.32. The zero-order valence-corrected chi connectivity index (χ0v) is 18.0. The summed E-state index contributed by atoms with van der Waals surface area (Å²) in [5.74, 6) is -1.04. The fourth-order valence-electron chi connectivity index (χ4n) is 2.90. The molecule has 162 valence electrons. The minimum absolute atomic E-state index is 0.0586. The fourth-order valence-corrected chi connectivity index (χ4v) is 3.11. The topological polar surface area (TPSA) is 70.2 Å². The van der Waals surface area contributed by atoms with Crippen LogP contribution in [-0.4, -0.2) is 23.5 Å². The van der Waals surface area contributed by atoms with Gasteiger partial charge in [-0.15, -0.1) is 0 Å². The largest absolute Gasteiger partial charge is 0.352 e. The summed E-state index contributed by atoms with van der Waals surface area (Å²) in [6.45, 7) is 0.493.